The standard InChI is InChI=1S/C7H8N2O.C3H4N2/c8-7(10)5-6-3-1-2-4-9-6;1-2-5-3-4-1/h1-4H,5H2,(H2,8,10);1-3H,(H,4,5). The van der Waals surface area contributed by atoms with E-state index in [-0.39, 0.29) is 12.3 Å². The summed E-state index contributed by atoms with van der Waals surface area (Å²) in [5, 5.41) is 0. The van der Waals surface area contributed by atoms with Gasteiger partial charge in [0.05, 0.1) is 12.7 Å². The highest BCUT2D eigenvalue weighted by atomic mass is 16.1. The second-order valence-corrected chi connectivity index (χ2v) is 2.72. The van der Waals surface area contributed by atoms with Crippen LogP contribution in [0.1, 0.15) is 5.69 Å². The van der Waals surface area contributed by atoms with Gasteiger partial charge in [-0.25, -0.2) is 4.98 Å². The van der Waals surface area contributed by atoms with Crippen molar-refractivity contribution in [3.05, 3.63) is 48.8 Å². The molecule has 5 nitrogen and oxygen atoms in total. The number of pyridine rings is 1. The zero-order valence-electron chi connectivity index (χ0n) is 8.13. The highest BCUT2D eigenvalue weighted by molar-refractivity contribution is 5.75. The average Bonchev–Trinajstić information content (AvgIpc) is 2.76. The van der Waals surface area contributed by atoms with Crippen LogP contribution in [-0.2, 0) is 11.2 Å². The maximum atomic E-state index is 10.4. The Morgan fingerprint density at radius 3 is 2.67 bits per heavy atom. The zero-order chi connectivity index (χ0) is 10.9. The predicted molar refractivity (Wildman–Crippen MR) is 55.7 cm³/mol. The first kappa shape index (κ1) is 10.9. The third kappa shape index (κ3) is 5.20. The first-order valence-electron chi connectivity index (χ1n) is 4.40. The number of nitrogens with zero attached hydrogens (tertiary/aromatic N) is 2. The number of aromatic amines is 1. The fraction of sp³-hybridized carbons (Fsp3) is 0.100. The summed E-state index contributed by atoms with van der Waals surface area (Å²) in [6.07, 6.45) is 6.94. The van der Waals surface area contributed by atoms with E-state index in [0.29, 0.717) is 0 Å². The van der Waals surface area contributed by atoms with Crippen LogP contribution in [0.15, 0.2) is 43.1 Å². The minimum Gasteiger partial charge on any atom is -0.369 e. The van der Waals surface area contributed by atoms with Crippen molar-refractivity contribution in [1.29, 1.82) is 0 Å². The first-order valence-corrected chi connectivity index (χ1v) is 4.40. The SMILES string of the molecule is NC(=O)Cc1ccccn1.c1c[nH]cn1. The van der Waals surface area contributed by atoms with Gasteiger partial charge >= 0.3 is 0 Å². The monoisotopic (exact) mass is 204 g/mol. The molecule has 2 aromatic heterocycles. The topological polar surface area (TPSA) is 84.7 Å². The molecule has 3 N–H and O–H groups in total. The molecule has 0 spiro atoms. The molecule has 0 fully saturated rings. The third-order valence-corrected chi connectivity index (χ3v) is 1.49. The number of nitrogens with two attached hydrogens (primary N) is 1. The lowest BCUT2D eigenvalue weighted by molar-refractivity contribution is -0.117. The van der Waals surface area contributed by atoms with Gasteiger partial charge in [-0.2, -0.15) is 0 Å². The average molecular weight is 204 g/mol. The molecule has 0 bridgehead atoms. The molecule has 2 aromatic rings. The Bertz CT molecular complexity index is 354. The number of hydrogen-bond donors (Lipinski definition) is 2. The Morgan fingerprint density at radius 2 is 2.27 bits per heavy atom. The fourth-order valence-electron chi connectivity index (χ4n) is 0.896. The lowest BCUT2D eigenvalue weighted by Gasteiger charge is -1.92. The number of hydrogen-bond acceptors (Lipinski definition) is 3. The third-order valence-electron chi connectivity index (χ3n) is 1.49. The van der Waals surface area contributed by atoms with Crippen LogP contribution in [0.2, 0.25) is 0 Å². The van der Waals surface area contributed by atoms with Crippen molar-refractivity contribution in [1.82, 2.24) is 15.0 Å². The molecular formula is C10H12N4O. The van der Waals surface area contributed by atoms with Crippen LogP contribution < -0.4 is 5.73 Å². The minimum absolute atomic E-state index is 0.223. The number of imidazole rings is 1. The van der Waals surface area contributed by atoms with E-state index < -0.39 is 0 Å². The fourth-order valence-corrected chi connectivity index (χ4v) is 0.896. The quantitative estimate of drug-likeness (QED) is 0.747. The second-order valence-electron chi connectivity index (χ2n) is 2.72. The Balaban J connectivity index is 0.000000187. The summed E-state index contributed by atoms with van der Waals surface area (Å²) in [4.78, 5) is 20.7. The van der Waals surface area contributed by atoms with Gasteiger partial charge in [-0.15, -0.1) is 0 Å². The van der Waals surface area contributed by atoms with E-state index in [2.05, 4.69) is 15.0 Å². The Hall–Kier alpha value is -2.17. The van der Waals surface area contributed by atoms with Crippen molar-refractivity contribution < 1.29 is 4.79 Å². The van der Waals surface area contributed by atoms with Crippen LogP contribution in [-0.4, -0.2) is 20.9 Å². The smallest absolute Gasteiger partial charge is 0.223 e. The van der Waals surface area contributed by atoms with Crippen LogP contribution in [0, 0.1) is 0 Å². The van der Waals surface area contributed by atoms with Gasteiger partial charge in [-0.05, 0) is 12.1 Å². The molecule has 78 valence electrons. The summed E-state index contributed by atoms with van der Waals surface area (Å²) in [6, 6.07) is 5.39. The van der Waals surface area contributed by atoms with Crippen molar-refractivity contribution >= 4 is 5.91 Å². The number of carbonyl (C=O) groups excluding carboxylic acids is 1. The molecule has 0 aliphatic rings. The molecule has 5 heteroatoms. The van der Waals surface area contributed by atoms with Crippen molar-refractivity contribution in [2.45, 2.75) is 6.42 Å². The number of amides is 1. The van der Waals surface area contributed by atoms with Gasteiger partial charge in [0.2, 0.25) is 5.91 Å². The predicted octanol–water partition coefficient (Wildman–Crippen LogP) is 0.519. The highest BCUT2D eigenvalue weighted by Gasteiger charge is 1.95. The Morgan fingerprint density at radius 1 is 1.40 bits per heavy atom. The van der Waals surface area contributed by atoms with Gasteiger partial charge in [-0.3, -0.25) is 9.78 Å². The Labute approximate surface area is 87.4 Å². The number of primary amides is 1. The molecule has 0 unspecified atom stereocenters. The van der Waals surface area contributed by atoms with E-state index in [9.17, 15) is 4.79 Å². The molecule has 0 aliphatic carbocycles. The maximum Gasteiger partial charge on any atom is 0.223 e. The number of H-pyrrole nitrogens is 1. The van der Waals surface area contributed by atoms with Crippen molar-refractivity contribution in [3.63, 3.8) is 0 Å². The van der Waals surface area contributed by atoms with E-state index in [1.54, 1.807) is 37.1 Å². The zero-order valence-corrected chi connectivity index (χ0v) is 8.13. The first-order chi connectivity index (χ1) is 7.29. The van der Waals surface area contributed by atoms with E-state index >= 15 is 0 Å². The van der Waals surface area contributed by atoms with E-state index in [0.717, 1.165) is 5.69 Å². The van der Waals surface area contributed by atoms with E-state index in [1.807, 2.05) is 6.07 Å². The van der Waals surface area contributed by atoms with Gasteiger partial charge in [-0.1, -0.05) is 6.07 Å². The van der Waals surface area contributed by atoms with Crippen molar-refractivity contribution in [3.8, 4) is 0 Å². The number of aromatic nitrogens is 3. The van der Waals surface area contributed by atoms with E-state index in [4.69, 9.17) is 5.73 Å². The number of nitrogens with one attached hydrogen (secondary N) is 1. The molecule has 0 aromatic carbocycles. The van der Waals surface area contributed by atoms with Gasteiger partial charge in [0.1, 0.15) is 0 Å². The molecule has 0 aliphatic heterocycles. The van der Waals surface area contributed by atoms with Crippen LogP contribution >= 0.6 is 0 Å². The summed E-state index contributed by atoms with van der Waals surface area (Å²) in [5.41, 5.74) is 5.66. The van der Waals surface area contributed by atoms with Crippen LogP contribution in [0.4, 0.5) is 0 Å². The molecule has 1 amide bonds. The van der Waals surface area contributed by atoms with Gasteiger partial charge in [0, 0.05) is 24.3 Å². The van der Waals surface area contributed by atoms with Crippen LogP contribution in [0.5, 0.6) is 0 Å². The molecule has 0 saturated carbocycles. The van der Waals surface area contributed by atoms with Crippen LogP contribution in [0.25, 0.3) is 0 Å². The molecule has 0 saturated heterocycles. The number of rotatable bonds is 2. The summed E-state index contributed by atoms with van der Waals surface area (Å²) < 4.78 is 0. The molecule has 0 radical (unpaired) electrons. The lowest BCUT2D eigenvalue weighted by atomic mass is 10.3. The second kappa shape index (κ2) is 6.31. The number of carbonyl (C=O) groups is 1. The van der Waals surface area contributed by atoms with E-state index in [1.165, 1.54) is 0 Å². The minimum atomic E-state index is -0.348. The molecule has 0 atom stereocenters. The summed E-state index contributed by atoms with van der Waals surface area (Å²) in [5.74, 6) is -0.348. The maximum absolute atomic E-state index is 10.4. The molecule has 15 heavy (non-hydrogen) atoms. The summed E-state index contributed by atoms with van der Waals surface area (Å²) in [6.45, 7) is 0. The highest BCUT2D eigenvalue weighted by Crippen LogP contribution is 1.92. The molecular weight excluding hydrogens is 192 g/mol. The van der Waals surface area contributed by atoms with Crippen molar-refractivity contribution in [2.75, 3.05) is 0 Å². The summed E-state index contributed by atoms with van der Waals surface area (Å²) in [7, 11) is 0. The largest absolute Gasteiger partial charge is 0.369 e. The normalized spacial score (nSPS) is 8.80. The molecule has 2 rings (SSSR count). The van der Waals surface area contributed by atoms with Crippen LogP contribution in [0.3, 0.4) is 0 Å². The van der Waals surface area contributed by atoms with Gasteiger partial charge in [0.15, 0.2) is 0 Å². The van der Waals surface area contributed by atoms with Gasteiger partial charge < -0.3 is 10.7 Å². The lowest BCUT2D eigenvalue weighted by Crippen LogP contribution is -2.14. The molecule has 2 heterocycles. The van der Waals surface area contributed by atoms with Crippen molar-refractivity contribution in [2.24, 2.45) is 5.73 Å². The Kier molecular flexibility index (Phi) is 4.59. The van der Waals surface area contributed by atoms with Gasteiger partial charge in [0.25, 0.3) is 0 Å². The summed E-state index contributed by atoms with van der Waals surface area (Å²) >= 11 is 0.